The molecular weight excluding hydrogens is 450 g/mol. The molecule has 0 atom stereocenters. The van der Waals surface area contributed by atoms with E-state index >= 15 is 0 Å². The molecule has 0 fully saturated rings. The van der Waals surface area contributed by atoms with E-state index in [2.05, 4.69) is 10.0 Å². The Labute approximate surface area is 189 Å². The summed E-state index contributed by atoms with van der Waals surface area (Å²) in [5.41, 5.74) is 0.702. The topological polar surface area (TPSA) is 137 Å². The molecule has 0 bridgehead atoms. The number of sulfonamides is 1. The molecule has 170 valence electrons. The van der Waals surface area contributed by atoms with Crippen molar-refractivity contribution in [1.29, 1.82) is 0 Å². The largest absolute Gasteiger partial charge is 0.490 e. The number of carbonyl (C=O) groups is 1. The van der Waals surface area contributed by atoms with E-state index in [4.69, 9.17) is 9.47 Å². The van der Waals surface area contributed by atoms with Crippen LogP contribution in [-0.2, 0) is 10.0 Å². The Morgan fingerprint density at radius 1 is 0.909 bits per heavy atom. The molecule has 0 saturated carbocycles. The number of nitro groups is 1. The summed E-state index contributed by atoms with van der Waals surface area (Å²) in [6.45, 7) is 1.09. The predicted octanol–water partition coefficient (Wildman–Crippen LogP) is 3.81. The number of hydrogen-bond donors (Lipinski definition) is 2. The van der Waals surface area contributed by atoms with Crippen molar-refractivity contribution in [2.45, 2.75) is 11.3 Å². The lowest BCUT2D eigenvalue weighted by Gasteiger charge is -2.11. The molecule has 1 amide bonds. The highest BCUT2D eigenvalue weighted by atomic mass is 32.2. The number of hydrogen-bond acceptors (Lipinski definition) is 7. The summed E-state index contributed by atoms with van der Waals surface area (Å²) in [5.74, 6) is 0.777. The van der Waals surface area contributed by atoms with Gasteiger partial charge in [-0.2, -0.15) is 0 Å². The summed E-state index contributed by atoms with van der Waals surface area (Å²) >= 11 is 0. The number of non-ortho nitro benzene ring substituents is 1. The van der Waals surface area contributed by atoms with Crippen LogP contribution in [0.15, 0.2) is 71.6 Å². The van der Waals surface area contributed by atoms with Crippen LogP contribution in [0.5, 0.6) is 11.5 Å². The molecular formula is C22H19N3O7S. The fourth-order valence-electron chi connectivity index (χ4n) is 3.11. The molecule has 0 radical (unpaired) electrons. The van der Waals surface area contributed by atoms with E-state index in [1.165, 1.54) is 42.5 Å². The van der Waals surface area contributed by atoms with Gasteiger partial charge in [-0.15, -0.1) is 0 Å². The fraction of sp³-hybridized carbons (Fsp3) is 0.136. The SMILES string of the molecule is O=C(Nc1ccc2c(c1)OCCCO2)c1ccc(NS(=O)(=O)c2cccc([N+](=O)[O-])c2)cc1. The van der Waals surface area contributed by atoms with Crippen LogP contribution in [0, 0.1) is 10.1 Å². The number of amides is 1. The van der Waals surface area contributed by atoms with Crippen molar-refractivity contribution in [2.75, 3.05) is 23.3 Å². The molecule has 1 heterocycles. The summed E-state index contributed by atoms with van der Waals surface area (Å²) < 4.78 is 38.6. The molecule has 33 heavy (non-hydrogen) atoms. The number of anilines is 2. The van der Waals surface area contributed by atoms with Gasteiger partial charge in [0.25, 0.3) is 21.6 Å². The van der Waals surface area contributed by atoms with Crippen molar-refractivity contribution in [3.63, 3.8) is 0 Å². The van der Waals surface area contributed by atoms with Crippen LogP contribution in [-0.4, -0.2) is 32.5 Å². The minimum absolute atomic E-state index is 0.202. The monoisotopic (exact) mass is 469 g/mol. The van der Waals surface area contributed by atoms with Crippen molar-refractivity contribution in [3.8, 4) is 11.5 Å². The van der Waals surface area contributed by atoms with Crippen molar-refractivity contribution >= 4 is 33.0 Å². The lowest BCUT2D eigenvalue weighted by atomic mass is 10.2. The third kappa shape index (κ3) is 5.21. The standard InChI is InChI=1S/C22H19N3O7S/c26-22(23-17-9-10-20-21(13-17)32-12-2-11-31-20)15-5-7-16(8-6-15)24-33(29,30)19-4-1-3-18(14-19)25(27)28/h1,3-10,13-14,24H,2,11-12H2,(H,23,26). The molecule has 0 unspecified atom stereocenters. The third-order valence-electron chi connectivity index (χ3n) is 4.74. The Morgan fingerprint density at radius 2 is 1.61 bits per heavy atom. The van der Waals surface area contributed by atoms with Gasteiger partial charge in [-0.1, -0.05) is 6.07 Å². The van der Waals surface area contributed by atoms with Gasteiger partial charge in [0.05, 0.1) is 23.0 Å². The first kappa shape index (κ1) is 22.1. The lowest BCUT2D eigenvalue weighted by molar-refractivity contribution is -0.385. The highest BCUT2D eigenvalue weighted by molar-refractivity contribution is 7.92. The number of ether oxygens (including phenoxy) is 2. The molecule has 3 aromatic carbocycles. The second-order valence-electron chi connectivity index (χ2n) is 7.10. The highest BCUT2D eigenvalue weighted by Crippen LogP contribution is 2.32. The van der Waals surface area contributed by atoms with E-state index in [1.807, 2.05) is 0 Å². The molecule has 0 saturated heterocycles. The number of fused-ring (bicyclic) bond motifs is 1. The second kappa shape index (κ2) is 9.17. The van der Waals surface area contributed by atoms with Gasteiger partial charge in [0.2, 0.25) is 0 Å². The van der Waals surface area contributed by atoms with E-state index in [0.29, 0.717) is 36.0 Å². The third-order valence-corrected chi connectivity index (χ3v) is 6.12. The van der Waals surface area contributed by atoms with E-state index in [9.17, 15) is 23.3 Å². The van der Waals surface area contributed by atoms with Crippen LogP contribution in [0.1, 0.15) is 16.8 Å². The average molecular weight is 469 g/mol. The van der Waals surface area contributed by atoms with Gasteiger partial charge in [0, 0.05) is 41.6 Å². The zero-order valence-electron chi connectivity index (χ0n) is 17.2. The number of benzene rings is 3. The highest BCUT2D eigenvalue weighted by Gasteiger charge is 2.18. The van der Waals surface area contributed by atoms with E-state index in [1.54, 1.807) is 18.2 Å². The molecule has 0 spiro atoms. The van der Waals surface area contributed by atoms with Crippen LogP contribution >= 0.6 is 0 Å². The molecule has 11 heteroatoms. The number of carbonyl (C=O) groups excluding carboxylic acids is 1. The molecule has 3 aromatic rings. The number of nitrogens with one attached hydrogen (secondary N) is 2. The first-order chi connectivity index (χ1) is 15.8. The van der Waals surface area contributed by atoms with Crippen molar-refractivity contribution in [1.82, 2.24) is 0 Å². The van der Waals surface area contributed by atoms with Gasteiger partial charge >= 0.3 is 0 Å². The molecule has 1 aliphatic heterocycles. The first-order valence-electron chi connectivity index (χ1n) is 9.90. The Hall–Kier alpha value is -4.12. The average Bonchev–Trinajstić information content (AvgIpc) is 3.04. The molecule has 0 aromatic heterocycles. The minimum atomic E-state index is -4.04. The number of nitrogens with zero attached hydrogens (tertiary/aromatic N) is 1. The van der Waals surface area contributed by atoms with Gasteiger partial charge in [-0.05, 0) is 42.5 Å². The number of nitro benzene ring substituents is 1. The van der Waals surface area contributed by atoms with Gasteiger partial charge < -0.3 is 14.8 Å². The van der Waals surface area contributed by atoms with Crippen LogP contribution in [0.2, 0.25) is 0 Å². The summed E-state index contributed by atoms with van der Waals surface area (Å²) in [5, 5.41) is 13.7. The minimum Gasteiger partial charge on any atom is -0.490 e. The maximum absolute atomic E-state index is 12.6. The van der Waals surface area contributed by atoms with Gasteiger partial charge in [0.15, 0.2) is 11.5 Å². The quantitative estimate of drug-likeness (QED) is 0.414. The van der Waals surface area contributed by atoms with E-state index < -0.39 is 20.9 Å². The molecule has 2 N–H and O–H groups in total. The summed E-state index contributed by atoms with van der Waals surface area (Å²) in [6, 6.07) is 15.6. The smallest absolute Gasteiger partial charge is 0.270 e. The fourth-order valence-corrected chi connectivity index (χ4v) is 4.21. The Kier molecular flexibility index (Phi) is 6.13. The van der Waals surface area contributed by atoms with Crippen LogP contribution in [0.3, 0.4) is 0 Å². The summed E-state index contributed by atoms with van der Waals surface area (Å²) in [7, 11) is -4.04. The normalized spacial score (nSPS) is 13.0. The number of rotatable bonds is 6. The van der Waals surface area contributed by atoms with Gasteiger partial charge in [-0.25, -0.2) is 8.42 Å². The van der Waals surface area contributed by atoms with Crippen molar-refractivity contribution in [3.05, 3.63) is 82.4 Å². The van der Waals surface area contributed by atoms with Crippen LogP contribution < -0.4 is 19.5 Å². The zero-order chi connectivity index (χ0) is 23.4. The second-order valence-corrected chi connectivity index (χ2v) is 8.79. The maximum atomic E-state index is 12.6. The molecule has 0 aliphatic carbocycles. The Bertz CT molecular complexity index is 1310. The van der Waals surface area contributed by atoms with Gasteiger partial charge in [0.1, 0.15) is 0 Å². The van der Waals surface area contributed by atoms with Crippen LogP contribution in [0.4, 0.5) is 17.1 Å². The summed E-state index contributed by atoms with van der Waals surface area (Å²) in [6.07, 6.45) is 0.771. The van der Waals surface area contributed by atoms with Crippen LogP contribution in [0.25, 0.3) is 0 Å². The van der Waals surface area contributed by atoms with E-state index in [0.717, 1.165) is 12.5 Å². The predicted molar refractivity (Wildman–Crippen MR) is 120 cm³/mol. The lowest BCUT2D eigenvalue weighted by Crippen LogP contribution is -2.14. The first-order valence-corrected chi connectivity index (χ1v) is 11.4. The summed E-state index contributed by atoms with van der Waals surface area (Å²) in [4.78, 5) is 22.6. The Morgan fingerprint density at radius 3 is 2.33 bits per heavy atom. The van der Waals surface area contributed by atoms with E-state index in [-0.39, 0.29) is 16.3 Å². The van der Waals surface area contributed by atoms with Crippen molar-refractivity contribution < 1.29 is 27.6 Å². The maximum Gasteiger partial charge on any atom is 0.270 e. The van der Waals surface area contributed by atoms with Gasteiger partial charge in [-0.3, -0.25) is 19.6 Å². The van der Waals surface area contributed by atoms with Crippen molar-refractivity contribution in [2.24, 2.45) is 0 Å². The zero-order valence-corrected chi connectivity index (χ0v) is 18.0. The molecule has 10 nitrogen and oxygen atoms in total. The molecule has 4 rings (SSSR count). The Balaban J connectivity index is 1.45. The molecule has 1 aliphatic rings.